The summed E-state index contributed by atoms with van der Waals surface area (Å²) in [6, 6.07) is 3.69. The molecule has 0 radical (unpaired) electrons. The first-order valence-corrected chi connectivity index (χ1v) is 5.33. The van der Waals surface area contributed by atoms with Crippen LogP contribution in [0.15, 0.2) is 18.3 Å². The molecular formula is C11H17N2O2+. The molecular weight excluding hydrogens is 192 g/mol. The zero-order chi connectivity index (χ0) is 10.5. The number of anilines is 1. The van der Waals surface area contributed by atoms with E-state index in [2.05, 4.69) is 4.98 Å². The summed E-state index contributed by atoms with van der Waals surface area (Å²) >= 11 is 0. The number of pyridine rings is 1. The van der Waals surface area contributed by atoms with Gasteiger partial charge in [-0.1, -0.05) is 0 Å². The SMILES string of the molecule is Nc1ccc[nH+]c1OCC1CCOCC1. The Morgan fingerprint density at radius 3 is 3.00 bits per heavy atom. The van der Waals surface area contributed by atoms with E-state index in [-0.39, 0.29) is 0 Å². The van der Waals surface area contributed by atoms with E-state index in [0.717, 1.165) is 26.1 Å². The van der Waals surface area contributed by atoms with E-state index in [1.165, 1.54) is 0 Å². The minimum absolute atomic E-state index is 0.590. The van der Waals surface area contributed by atoms with Crippen LogP contribution in [0, 0.1) is 5.92 Å². The van der Waals surface area contributed by atoms with E-state index in [1.807, 2.05) is 18.3 Å². The molecule has 1 aliphatic rings. The van der Waals surface area contributed by atoms with E-state index >= 15 is 0 Å². The van der Waals surface area contributed by atoms with Crippen LogP contribution in [0.25, 0.3) is 0 Å². The van der Waals surface area contributed by atoms with E-state index in [1.54, 1.807) is 0 Å². The quantitative estimate of drug-likeness (QED) is 0.804. The highest BCUT2D eigenvalue weighted by Crippen LogP contribution is 2.18. The van der Waals surface area contributed by atoms with Crippen molar-refractivity contribution in [2.24, 2.45) is 5.92 Å². The third-order valence-electron chi connectivity index (χ3n) is 2.65. The molecule has 15 heavy (non-hydrogen) atoms. The van der Waals surface area contributed by atoms with Crippen molar-refractivity contribution in [1.29, 1.82) is 0 Å². The molecule has 4 nitrogen and oxygen atoms in total. The van der Waals surface area contributed by atoms with Crippen molar-refractivity contribution >= 4 is 5.69 Å². The number of aromatic nitrogens is 1. The molecule has 3 N–H and O–H groups in total. The molecule has 1 aromatic heterocycles. The van der Waals surface area contributed by atoms with Gasteiger partial charge in [-0.25, -0.2) is 0 Å². The van der Waals surface area contributed by atoms with Crippen LogP contribution in [-0.2, 0) is 4.74 Å². The van der Waals surface area contributed by atoms with Gasteiger partial charge in [-0.15, -0.1) is 0 Å². The summed E-state index contributed by atoms with van der Waals surface area (Å²) in [6.07, 6.45) is 3.97. The monoisotopic (exact) mass is 209 g/mol. The molecule has 0 bridgehead atoms. The molecule has 1 fully saturated rings. The molecule has 0 aromatic carbocycles. The van der Waals surface area contributed by atoms with Crippen LogP contribution in [0.1, 0.15) is 12.8 Å². The fraction of sp³-hybridized carbons (Fsp3) is 0.545. The number of ether oxygens (including phenoxy) is 2. The normalized spacial score (nSPS) is 17.6. The van der Waals surface area contributed by atoms with Gasteiger partial charge in [-0.3, -0.25) is 0 Å². The van der Waals surface area contributed by atoms with Crippen molar-refractivity contribution in [3.63, 3.8) is 0 Å². The van der Waals surface area contributed by atoms with Crippen molar-refractivity contribution in [2.75, 3.05) is 25.6 Å². The smallest absolute Gasteiger partial charge is 0.389 e. The highest BCUT2D eigenvalue weighted by Gasteiger charge is 2.16. The Morgan fingerprint density at radius 2 is 2.27 bits per heavy atom. The molecule has 2 heterocycles. The summed E-state index contributed by atoms with van der Waals surface area (Å²) in [5.41, 5.74) is 6.41. The van der Waals surface area contributed by atoms with Crippen molar-refractivity contribution in [3.05, 3.63) is 18.3 Å². The Labute approximate surface area is 89.4 Å². The highest BCUT2D eigenvalue weighted by molar-refractivity contribution is 5.43. The average Bonchev–Trinajstić information content (AvgIpc) is 2.29. The van der Waals surface area contributed by atoms with Gasteiger partial charge in [0.2, 0.25) is 0 Å². The average molecular weight is 209 g/mol. The second-order valence-corrected chi connectivity index (χ2v) is 3.82. The van der Waals surface area contributed by atoms with Gasteiger partial charge < -0.3 is 15.2 Å². The van der Waals surface area contributed by atoms with Gasteiger partial charge in [0.25, 0.3) is 0 Å². The van der Waals surface area contributed by atoms with Crippen LogP contribution in [-0.4, -0.2) is 19.8 Å². The third-order valence-corrected chi connectivity index (χ3v) is 2.65. The predicted molar refractivity (Wildman–Crippen MR) is 56.4 cm³/mol. The van der Waals surface area contributed by atoms with Crippen molar-refractivity contribution < 1.29 is 14.5 Å². The van der Waals surface area contributed by atoms with Gasteiger partial charge >= 0.3 is 5.88 Å². The standard InChI is InChI=1S/C11H16N2O2/c12-10-2-1-5-13-11(10)15-8-9-3-6-14-7-4-9/h1-2,5,9H,3-4,6-8,12H2/p+1. The maximum absolute atomic E-state index is 5.76. The molecule has 0 unspecified atom stereocenters. The molecule has 82 valence electrons. The zero-order valence-corrected chi connectivity index (χ0v) is 8.74. The molecule has 1 aliphatic heterocycles. The molecule has 0 saturated carbocycles. The highest BCUT2D eigenvalue weighted by atomic mass is 16.5. The fourth-order valence-corrected chi connectivity index (χ4v) is 1.67. The first-order valence-electron chi connectivity index (χ1n) is 5.33. The maximum Gasteiger partial charge on any atom is 0.389 e. The van der Waals surface area contributed by atoms with Gasteiger partial charge in [0.05, 0.1) is 6.61 Å². The molecule has 1 saturated heterocycles. The van der Waals surface area contributed by atoms with Gasteiger partial charge in [-0.2, -0.15) is 4.98 Å². The summed E-state index contributed by atoms with van der Waals surface area (Å²) < 4.78 is 10.9. The number of rotatable bonds is 3. The van der Waals surface area contributed by atoms with Crippen molar-refractivity contribution in [3.8, 4) is 5.88 Å². The van der Waals surface area contributed by atoms with Gasteiger partial charge in [0, 0.05) is 19.3 Å². The number of hydrogen-bond acceptors (Lipinski definition) is 3. The maximum atomic E-state index is 5.76. The number of nitrogens with two attached hydrogens (primary N) is 1. The molecule has 2 rings (SSSR count). The predicted octanol–water partition coefficient (Wildman–Crippen LogP) is 0.888. The Kier molecular flexibility index (Phi) is 3.40. The first-order chi connectivity index (χ1) is 7.36. The minimum atomic E-state index is 0.590. The Balaban J connectivity index is 1.84. The number of nitrogens with one attached hydrogen (secondary N) is 1. The lowest BCUT2D eigenvalue weighted by Crippen LogP contribution is -2.23. The van der Waals surface area contributed by atoms with Crippen LogP contribution in [0.2, 0.25) is 0 Å². The van der Waals surface area contributed by atoms with Gasteiger partial charge in [0.15, 0.2) is 6.20 Å². The van der Waals surface area contributed by atoms with Crippen LogP contribution in [0.4, 0.5) is 5.69 Å². The topological polar surface area (TPSA) is 58.6 Å². The second-order valence-electron chi connectivity index (χ2n) is 3.82. The van der Waals surface area contributed by atoms with Crippen LogP contribution in [0.3, 0.4) is 0 Å². The summed E-state index contributed by atoms with van der Waals surface area (Å²) in [5, 5.41) is 0. The van der Waals surface area contributed by atoms with Gasteiger partial charge in [0.1, 0.15) is 5.69 Å². The third kappa shape index (κ3) is 2.83. The number of aromatic amines is 1. The van der Waals surface area contributed by atoms with Crippen LogP contribution < -0.4 is 15.5 Å². The first kappa shape index (κ1) is 10.2. The lowest BCUT2D eigenvalue weighted by Gasteiger charge is -2.21. The van der Waals surface area contributed by atoms with Gasteiger partial charge in [-0.05, 0) is 24.8 Å². The van der Waals surface area contributed by atoms with E-state index in [4.69, 9.17) is 15.2 Å². The molecule has 1 aromatic rings. The Hall–Kier alpha value is -1.29. The Morgan fingerprint density at radius 1 is 1.47 bits per heavy atom. The number of H-pyrrole nitrogens is 1. The number of nitrogen functional groups attached to an aromatic ring is 1. The molecule has 0 atom stereocenters. The molecule has 0 aliphatic carbocycles. The minimum Gasteiger partial charge on any atom is -0.443 e. The molecule has 4 heteroatoms. The van der Waals surface area contributed by atoms with Crippen molar-refractivity contribution in [2.45, 2.75) is 12.8 Å². The van der Waals surface area contributed by atoms with E-state index in [9.17, 15) is 0 Å². The van der Waals surface area contributed by atoms with E-state index in [0.29, 0.717) is 24.1 Å². The number of hydrogen-bond donors (Lipinski definition) is 1. The molecule has 0 spiro atoms. The summed E-state index contributed by atoms with van der Waals surface area (Å²) in [7, 11) is 0. The molecule has 0 amide bonds. The largest absolute Gasteiger partial charge is 0.443 e. The van der Waals surface area contributed by atoms with Crippen molar-refractivity contribution in [1.82, 2.24) is 0 Å². The summed E-state index contributed by atoms with van der Waals surface area (Å²) in [6.45, 7) is 2.41. The fourth-order valence-electron chi connectivity index (χ4n) is 1.67. The zero-order valence-electron chi connectivity index (χ0n) is 8.74. The second kappa shape index (κ2) is 4.98. The Bertz CT molecular complexity index is 311. The lowest BCUT2D eigenvalue weighted by atomic mass is 10.0. The summed E-state index contributed by atoms with van der Waals surface area (Å²) in [4.78, 5) is 3.00. The van der Waals surface area contributed by atoms with Crippen LogP contribution in [0.5, 0.6) is 5.88 Å². The van der Waals surface area contributed by atoms with Crippen LogP contribution >= 0.6 is 0 Å². The van der Waals surface area contributed by atoms with E-state index < -0.39 is 0 Å². The lowest BCUT2D eigenvalue weighted by molar-refractivity contribution is -0.394. The summed E-state index contributed by atoms with van der Waals surface area (Å²) in [5.74, 6) is 1.26.